The monoisotopic (exact) mass is 232 g/mol. The highest BCUT2D eigenvalue weighted by molar-refractivity contribution is 6.92. The SMILES string of the molecule is C[SiH2]C[Si](C)(C)C[SiH](C)CC(C)C. The van der Waals surface area contributed by atoms with Gasteiger partial charge in [-0.3, -0.25) is 0 Å². The lowest BCUT2D eigenvalue weighted by atomic mass is 10.3. The van der Waals surface area contributed by atoms with Gasteiger partial charge in [0.2, 0.25) is 0 Å². The summed E-state index contributed by atoms with van der Waals surface area (Å²) in [5, 5.41) is 0. The molecule has 0 rings (SSSR count). The molecule has 0 N–H and O–H groups in total. The molecule has 0 fully saturated rings. The van der Waals surface area contributed by atoms with Gasteiger partial charge in [-0.1, -0.05) is 57.4 Å². The molecule has 0 aliphatic rings. The summed E-state index contributed by atoms with van der Waals surface area (Å²) in [5.74, 6) is 0.949. The molecule has 0 spiro atoms. The van der Waals surface area contributed by atoms with E-state index in [-0.39, 0.29) is 8.80 Å². The summed E-state index contributed by atoms with van der Waals surface area (Å²) in [4.78, 5) is 0. The van der Waals surface area contributed by atoms with Crippen LogP contribution in [0.1, 0.15) is 13.8 Å². The molecule has 3 heteroatoms. The first-order valence-corrected chi connectivity index (χ1v) is 14.5. The zero-order chi connectivity index (χ0) is 10.5. The summed E-state index contributed by atoms with van der Waals surface area (Å²) >= 11 is 0. The minimum Gasteiger partial charge on any atom is -0.0750 e. The van der Waals surface area contributed by atoms with Gasteiger partial charge < -0.3 is 0 Å². The lowest BCUT2D eigenvalue weighted by molar-refractivity contribution is 0.726. The second-order valence-electron chi connectivity index (χ2n) is 5.85. The van der Waals surface area contributed by atoms with Crippen molar-refractivity contribution in [2.45, 2.75) is 57.4 Å². The zero-order valence-corrected chi connectivity index (χ0v) is 14.1. The van der Waals surface area contributed by atoms with Crippen LogP contribution in [-0.2, 0) is 0 Å². The van der Waals surface area contributed by atoms with Crippen LogP contribution in [-0.4, -0.2) is 26.4 Å². The summed E-state index contributed by atoms with van der Waals surface area (Å²) in [6.07, 6.45) is 0. The van der Waals surface area contributed by atoms with E-state index < -0.39 is 8.07 Å². The van der Waals surface area contributed by atoms with Gasteiger partial charge in [-0.2, -0.15) is 0 Å². The van der Waals surface area contributed by atoms with E-state index in [0.717, 1.165) is 5.92 Å². The Morgan fingerprint density at radius 3 is 2.23 bits per heavy atom. The van der Waals surface area contributed by atoms with Crippen LogP contribution >= 0.6 is 0 Å². The minimum absolute atomic E-state index is 0.324. The van der Waals surface area contributed by atoms with Crippen LogP contribution in [0.2, 0.25) is 43.6 Å². The molecule has 80 valence electrons. The lowest BCUT2D eigenvalue weighted by Crippen LogP contribution is -2.33. The fourth-order valence-electron chi connectivity index (χ4n) is 2.61. The van der Waals surface area contributed by atoms with E-state index in [2.05, 4.69) is 40.0 Å². The fraction of sp³-hybridized carbons (Fsp3) is 1.00. The van der Waals surface area contributed by atoms with E-state index in [0.29, 0.717) is 9.52 Å². The summed E-state index contributed by atoms with van der Waals surface area (Å²) in [5.41, 5.74) is 3.38. The van der Waals surface area contributed by atoms with Crippen LogP contribution in [0.15, 0.2) is 0 Å². The molecule has 0 saturated carbocycles. The van der Waals surface area contributed by atoms with Gasteiger partial charge in [-0.15, -0.1) is 0 Å². The Bertz CT molecular complexity index is 132. The third kappa shape index (κ3) is 7.70. The minimum atomic E-state index is -0.710. The Morgan fingerprint density at radius 2 is 1.85 bits per heavy atom. The van der Waals surface area contributed by atoms with Crippen molar-refractivity contribution in [2.24, 2.45) is 5.92 Å². The second kappa shape index (κ2) is 6.19. The van der Waals surface area contributed by atoms with Crippen LogP contribution in [0.5, 0.6) is 0 Å². The fourth-order valence-corrected chi connectivity index (χ4v) is 20.5. The smallest absolute Gasteiger partial charge is 0.0413 e. The Labute approximate surface area is 90.0 Å². The first-order valence-electron chi connectivity index (χ1n) is 5.87. The van der Waals surface area contributed by atoms with Crippen molar-refractivity contribution in [3.63, 3.8) is 0 Å². The highest BCUT2D eigenvalue weighted by atomic mass is 28.4. The molecule has 0 radical (unpaired) electrons. The average Bonchev–Trinajstić information content (AvgIpc) is 1.81. The predicted octanol–water partition coefficient (Wildman–Crippen LogP) is 2.92. The highest BCUT2D eigenvalue weighted by Gasteiger charge is 2.23. The summed E-state index contributed by atoms with van der Waals surface area (Å²) in [7, 11) is -0.719. The molecule has 0 nitrogen and oxygen atoms in total. The number of rotatable bonds is 6. The van der Waals surface area contributed by atoms with Crippen molar-refractivity contribution in [3.8, 4) is 0 Å². The predicted molar refractivity (Wildman–Crippen MR) is 74.2 cm³/mol. The molecule has 0 aromatic heterocycles. The van der Waals surface area contributed by atoms with Crippen molar-refractivity contribution in [1.82, 2.24) is 0 Å². The first kappa shape index (κ1) is 13.7. The molecule has 0 aliphatic heterocycles. The van der Waals surface area contributed by atoms with Crippen molar-refractivity contribution in [2.75, 3.05) is 0 Å². The van der Waals surface area contributed by atoms with E-state index in [4.69, 9.17) is 0 Å². The molecule has 0 heterocycles. The van der Waals surface area contributed by atoms with Gasteiger partial charge in [0.15, 0.2) is 0 Å². The Hall–Kier alpha value is 0.651. The van der Waals surface area contributed by atoms with Crippen LogP contribution in [0.25, 0.3) is 0 Å². The third-order valence-electron chi connectivity index (χ3n) is 2.70. The standard InChI is InChI=1S/C10H28Si3/c1-10(2)7-12(4)9-13(5,6)8-11-3/h10,12H,7-9,11H2,1-6H3. The van der Waals surface area contributed by atoms with E-state index in [1.54, 1.807) is 17.4 Å². The topological polar surface area (TPSA) is 0 Å². The summed E-state index contributed by atoms with van der Waals surface area (Å²) < 4.78 is 0. The first-order chi connectivity index (χ1) is 5.87. The van der Waals surface area contributed by atoms with Crippen molar-refractivity contribution in [3.05, 3.63) is 0 Å². The van der Waals surface area contributed by atoms with Gasteiger partial charge in [0.1, 0.15) is 0 Å². The summed E-state index contributed by atoms with van der Waals surface area (Å²) in [6.45, 7) is 15.1. The third-order valence-corrected chi connectivity index (χ3v) is 19.1. The molecule has 0 aliphatic carbocycles. The molecule has 1 unspecified atom stereocenters. The number of hydrogen-bond donors (Lipinski definition) is 0. The normalized spacial score (nSPS) is 15.9. The van der Waals surface area contributed by atoms with Gasteiger partial charge in [-0.25, -0.2) is 0 Å². The number of hydrogen-bond acceptors (Lipinski definition) is 0. The molecular weight excluding hydrogens is 204 g/mol. The van der Waals surface area contributed by atoms with Crippen molar-refractivity contribution in [1.29, 1.82) is 0 Å². The molecule has 13 heavy (non-hydrogen) atoms. The van der Waals surface area contributed by atoms with Crippen LogP contribution in [0.3, 0.4) is 0 Å². The molecule has 0 saturated heterocycles. The molecule has 0 bridgehead atoms. The van der Waals surface area contributed by atoms with Crippen LogP contribution in [0, 0.1) is 5.92 Å². The van der Waals surface area contributed by atoms with E-state index in [1.165, 1.54) is 0 Å². The largest absolute Gasteiger partial charge is 0.0750 e. The lowest BCUT2D eigenvalue weighted by Gasteiger charge is -2.25. The second-order valence-corrected chi connectivity index (χ2v) is 17.5. The van der Waals surface area contributed by atoms with Crippen LogP contribution < -0.4 is 0 Å². The maximum absolute atomic E-state index is 2.62. The van der Waals surface area contributed by atoms with Gasteiger partial charge in [0.05, 0.1) is 0 Å². The van der Waals surface area contributed by atoms with Crippen molar-refractivity contribution < 1.29 is 0 Å². The van der Waals surface area contributed by atoms with Gasteiger partial charge in [0.25, 0.3) is 0 Å². The average molecular weight is 233 g/mol. The Balaban J connectivity index is 3.81. The van der Waals surface area contributed by atoms with Gasteiger partial charge in [0, 0.05) is 26.4 Å². The van der Waals surface area contributed by atoms with Gasteiger partial charge >= 0.3 is 0 Å². The molecule has 0 amide bonds. The van der Waals surface area contributed by atoms with E-state index >= 15 is 0 Å². The molecular formula is C10H28Si3. The van der Waals surface area contributed by atoms with Crippen molar-refractivity contribution >= 4 is 26.4 Å². The molecule has 0 aromatic carbocycles. The zero-order valence-electron chi connectivity index (χ0n) is 10.5. The summed E-state index contributed by atoms with van der Waals surface area (Å²) in [6, 6.07) is 1.57. The van der Waals surface area contributed by atoms with E-state index in [1.807, 2.05) is 0 Å². The maximum atomic E-state index is 2.62. The van der Waals surface area contributed by atoms with Gasteiger partial charge in [-0.05, 0) is 5.92 Å². The van der Waals surface area contributed by atoms with Crippen LogP contribution in [0.4, 0.5) is 0 Å². The maximum Gasteiger partial charge on any atom is 0.0413 e. The highest BCUT2D eigenvalue weighted by Crippen LogP contribution is 2.20. The quantitative estimate of drug-likeness (QED) is 0.618. The van der Waals surface area contributed by atoms with E-state index in [9.17, 15) is 0 Å². The molecule has 0 aromatic rings. The molecule has 1 atom stereocenters. The Kier molecular flexibility index (Phi) is 6.50. The Morgan fingerprint density at radius 1 is 1.31 bits per heavy atom.